The van der Waals surface area contributed by atoms with Crippen molar-refractivity contribution < 1.29 is 14.3 Å². The average Bonchev–Trinajstić information content (AvgIpc) is 2.79. The van der Waals surface area contributed by atoms with Gasteiger partial charge in [-0.3, -0.25) is 9.59 Å². The smallest absolute Gasteiger partial charge is 0.303 e. The van der Waals surface area contributed by atoms with Gasteiger partial charge in [-0.25, -0.2) is 0 Å². The van der Waals surface area contributed by atoms with Crippen molar-refractivity contribution >= 4 is 11.8 Å². The fraction of sp³-hybridized carbons (Fsp3) is 0.818. The molecule has 0 saturated heterocycles. The van der Waals surface area contributed by atoms with Gasteiger partial charge in [-0.1, -0.05) is 32.4 Å². The number of hydrogen-bond donors (Lipinski definition) is 0. The van der Waals surface area contributed by atoms with E-state index in [1.165, 1.54) is 26.2 Å². The van der Waals surface area contributed by atoms with Gasteiger partial charge in [0.15, 0.2) is 11.9 Å². The monoisotopic (exact) mass is 344 g/mol. The molecule has 25 heavy (non-hydrogen) atoms. The first kappa shape index (κ1) is 17.3. The molecule has 0 N–H and O–H groups in total. The Bertz CT molecular complexity index is 635. The zero-order valence-corrected chi connectivity index (χ0v) is 16.1. The van der Waals surface area contributed by atoms with E-state index in [4.69, 9.17) is 4.74 Å². The van der Waals surface area contributed by atoms with E-state index < -0.39 is 6.10 Å². The van der Waals surface area contributed by atoms with Gasteiger partial charge in [-0.05, 0) is 74.0 Å². The quantitative estimate of drug-likeness (QED) is 0.512. The van der Waals surface area contributed by atoms with E-state index in [2.05, 4.69) is 26.8 Å². The summed E-state index contributed by atoms with van der Waals surface area (Å²) in [4.78, 5) is 24.4. The van der Waals surface area contributed by atoms with Crippen molar-refractivity contribution in [2.75, 3.05) is 0 Å². The molecule has 4 aliphatic carbocycles. The number of ether oxygens (including phenoxy) is 1. The van der Waals surface area contributed by atoms with Crippen molar-refractivity contribution in [3.8, 4) is 0 Å². The highest BCUT2D eigenvalue weighted by atomic mass is 16.5. The first-order chi connectivity index (χ1) is 11.8. The first-order valence-corrected chi connectivity index (χ1v) is 10.2. The van der Waals surface area contributed by atoms with Gasteiger partial charge in [0.25, 0.3) is 0 Å². The maximum absolute atomic E-state index is 13.0. The Labute approximate surface area is 151 Å². The second-order valence-electron chi connectivity index (χ2n) is 9.76. The Hall–Kier alpha value is -1.12. The fourth-order valence-corrected chi connectivity index (χ4v) is 6.91. The molecule has 3 fully saturated rings. The molecule has 138 valence electrons. The van der Waals surface area contributed by atoms with Gasteiger partial charge < -0.3 is 4.74 Å². The van der Waals surface area contributed by atoms with Crippen LogP contribution in [-0.4, -0.2) is 17.9 Å². The Morgan fingerprint density at radius 1 is 1.16 bits per heavy atom. The van der Waals surface area contributed by atoms with Gasteiger partial charge in [-0.2, -0.15) is 0 Å². The normalized spacial score (nSPS) is 48.9. The van der Waals surface area contributed by atoms with Gasteiger partial charge in [0.2, 0.25) is 0 Å². The molecule has 3 heteroatoms. The Balaban J connectivity index is 1.64. The lowest BCUT2D eigenvalue weighted by molar-refractivity contribution is -0.153. The van der Waals surface area contributed by atoms with E-state index >= 15 is 0 Å². The molecule has 0 aromatic rings. The Morgan fingerprint density at radius 3 is 2.60 bits per heavy atom. The summed E-state index contributed by atoms with van der Waals surface area (Å²) in [5.74, 6) is 2.31. The molecule has 3 nitrogen and oxygen atoms in total. The molecular formula is C22H32O3. The molecule has 5 unspecified atom stereocenters. The SMILES string of the molecule is CC(=O)O[C@@H]1CC2C3CC=C4C[C@@H](C)CCC4(C)C3CCC2(C)C1=O. The minimum atomic E-state index is -0.504. The second-order valence-corrected chi connectivity index (χ2v) is 9.76. The standard InChI is InChI=1S/C22H32O3/c1-13-7-9-21(3)15(11-13)5-6-16-17(21)8-10-22(4)18(16)12-19(20(22)24)25-14(2)23/h5,13,16-19H,6-12H2,1-4H3/t13-,16?,17?,18?,19+,21?,22?/m0/s1. The van der Waals surface area contributed by atoms with Crippen molar-refractivity contribution in [3.05, 3.63) is 11.6 Å². The van der Waals surface area contributed by atoms with E-state index in [0.717, 1.165) is 31.6 Å². The van der Waals surface area contributed by atoms with Crippen LogP contribution in [0.25, 0.3) is 0 Å². The van der Waals surface area contributed by atoms with Crippen LogP contribution in [0.3, 0.4) is 0 Å². The molecule has 0 radical (unpaired) electrons. The number of allylic oxidation sites excluding steroid dienone is 2. The summed E-state index contributed by atoms with van der Waals surface area (Å²) in [6, 6.07) is 0. The number of ketones is 1. The molecule has 0 aromatic carbocycles. The third-order valence-corrected chi connectivity index (χ3v) is 8.37. The Kier molecular flexibility index (Phi) is 3.94. The topological polar surface area (TPSA) is 43.4 Å². The predicted octanol–water partition coefficient (Wildman–Crippen LogP) is 4.70. The zero-order chi connectivity index (χ0) is 18.0. The highest BCUT2D eigenvalue weighted by Crippen LogP contribution is 2.64. The summed E-state index contributed by atoms with van der Waals surface area (Å²) in [7, 11) is 0. The van der Waals surface area contributed by atoms with Gasteiger partial charge in [0.05, 0.1) is 0 Å². The second kappa shape index (κ2) is 5.69. The molecule has 0 aliphatic heterocycles. The molecule has 3 saturated carbocycles. The van der Waals surface area contributed by atoms with Gasteiger partial charge in [0.1, 0.15) is 0 Å². The van der Waals surface area contributed by atoms with Crippen LogP contribution >= 0.6 is 0 Å². The molecular weight excluding hydrogens is 312 g/mol. The van der Waals surface area contributed by atoms with Crippen LogP contribution in [0.1, 0.15) is 72.6 Å². The van der Waals surface area contributed by atoms with Crippen LogP contribution in [0.2, 0.25) is 0 Å². The summed E-state index contributed by atoms with van der Waals surface area (Å²) in [5, 5.41) is 0. The summed E-state index contributed by atoms with van der Waals surface area (Å²) >= 11 is 0. The summed E-state index contributed by atoms with van der Waals surface area (Å²) in [5.41, 5.74) is 1.74. The molecule has 0 heterocycles. The van der Waals surface area contributed by atoms with Crippen LogP contribution in [0, 0.1) is 34.5 Å². The fourth-order valence-electron chi connectivity index (χ4n) is 6.91. The van der Waals surface area contributed by atoms with Gasteiger partial charge in [-0.15, -0.1) is 0 Å². The van der Waals surface area contributed by atoms with E-state index in [-0.39, 0.29) is 17.2 Å². The number of Topliss-reactive ketones (excluding diaryl/α,β-unsaturated/α-hetero) is 1. The van der Waals surface area contributed by atoms with Crippen molar-refractivity contribution in [1.82, 2.24) is 0 Å². The van der Waals surface area contributed by atoms with Crippen molar-refractivity contribution in [2.45, 2.75) is 78.7 Å². The van der Waals surface area contributed by atoms with Crippen LogP contribution in [0.5, 0.6) is 0 Å². The zero-order valence-electron chi connectivity index (χ0n) is 16.1. The summed E-state index contributed by atoms with van der Waals surface area (Å²) in [6.45, 7) is 8.43. The minimum Gasteiger partial charge on any atom is -0.455 e. The number of hydrogen-bond acceptors (Lipinski definition) is 3. The predicted molar refractivity (Wildman–Crippen MR) is 96.8 cm³/mol. The lowest BCUT2D eigenvalue weighted by Gasteiger charge is -2.56. The lowest BCUT2D eigenvalue weighted by Crippen LogP contribution is -2.50. The first-order valence-electron chi connectivity index (χ1n) is 10.2. The maximum Gasteiger partial charge on any atom is 0.303 e. The highest BCUT2D eigenvalue weighted by Gasteiger charge is 2.61. The van der Waals surface area contributed by atoms with Crippen molar-refractivity contribution in [2.24, 2.45) is 34.5 Å². The van der Waals surface area contributed by atoms with Gasteiger partial charge >= 0.3 is 5.97 Å². The summed E-state index contributed by atoms with van der Waals surface area (Å²) in [6.07, 6.45) is 9.87. The average molecular weight is 344 g/mol. The molecule has 7 atom stereocenters. The third-order valence-electron chi connectivity index (χ3n) is 8.37. The van der Waals surface area contributed by atoms with Crippen LogP contribution in [0.4, 0.5) is 0 Å². The van der Waals surface area contributed by atoms with Crippen LogP contribution in [0.15, 0.2) is 11.6 Å². The third kappa shape index (κ3) is 2.44. The maximum atomic E-state index is 13.0. The van der Waals surface area contributed by atoms with E-state index in [1.54, 1.807) is 5.57 Å². The number of carbonyl (C=O) groups is 2. The van der Waals surface area contributed by atoms with Crippen LogP contribution < -0.4 is 0 Å². The van der Waals surface area contributed by atoms with Crippen molar-refractivity contribution in [1.29, 1.82) is 0 Å². The molecule has 0 spiro atoms. The van der Waals surface area contributed by atoms with E-state index in [0.29, 0.717) is 23.2 Å². The van der Waals surface area contributed by atoms with Gasteiger partial charge in [0, 0.05) is 12.3 Å². The molecule has 4 rings (SSSR count). The number of rotatable bonds is 1. The van der Waals surface area contributed by atoms with E-state index in [1.807, 2.05) is 0 Å². The lowest BCUT2D eigenvalue weighted by atomic mass is 9.47. The number of carbonyl (C=O) groups excluding carboxylic acids is 2. The molecule has 4 aliphatic rings. The van der Waals surface area contributed by atoms with Crippen molar-refractivity contribution in [3.63, 3.8) is 0 Å². The number of fused-ring (bicyclic) bond motifs is 5. The van der Waals surface area contributed by atoms with E-state index in [9.17, 15) is 9.59 Å². The Morgan fingerprint density at radius 2 is 1.88 bits per heavy atom. The minimum absolute atomic E-state index is 0.184. The van der Waals surface area contributed by atoms with Crippen LogP contribution in [-0.2, 0) is 14.3 Å². The largest absolute Gasteiger partial charge is 0.455 e. The highest BCUT2D eigenvalue weighted by molar-refractivity contribution is 5.92. The molecule has 0 amide bonds. The molecule has 0 bridgehead atoms. The molecule has 0 aromatic heterocycles. The summed E-state index contributed by atoms with van der Waals surface area (Å²) < 4.78 is 5.40. The number of esters is 1.